The lowest BCUT2D eigenvalue weighted by molar-refractivity contribution is -0.147. The highest BCUT2D eigenvalue weighted by Gasteiger charge is 2.06. The normalized spacial score (nSPS) is 12.5. The van der Waals surface area contributed by atoms with E-state index in [1.54, 1.807) is 0 Å². The Balaban J connectivity index is 3.28. The van der Waals surface area contributed by atoms with Crippen LogP contribution in [-0.4, -0.2) is 35.5 Å². The maximum atomic E-state index is 11.0. The lowest BCUT2D eigenvalue weighted by atomic mass is 10.2. The minimum absolute atomic E-state index is 0.108. The summed E-state index contributed by atoms with van der Waals surface area (Å²) in [5.41, 5.74) is 0. The molecule has 84 valence electrons. The van der Waals surface area contributed by atoms with Gasteiger partial charge in [-0.3, -0.25) is 4.79 Å². The van der Waals surface area contributed by atoms with Crippen molar-refractivity contribution in [1.82, 2.24) is 0 Å². The quantitative estimate of drug-likeness (QED) is 0.454. The molecule has 4 heteroatoms. The molecule has 1 atom stereocenters. The zero-order valence-electron chi connectivity index (χ0n) is 8.74. The van der Waals surface area contributed by atoms with Crippen molar-refractivity contribution in [2.75, 3.05) is 13.2 Å². The van der Waals surface area contributed by atoms with Crippen LogP contribution in [0.4, 0.5) is 0 Å². The molecule has 0 unspecified atom stereocenters. The average Bonchev–Trinajstić information content (AvgIpc) is 2.21. The van der Waals surface area contributed by atoms with Crippen molar-refractivity contribution in [3.63, 3.8) is 0 Å². The molecule has 0 bridgehead atoms. The van der Waals surface area contributed by atoms with E-state index in [0.717, 1.165) is 25.7 Å². The van der Waals surface area contributed by atoms with Gasteiger partial charge in [0.2, 0.25) is 0 Å². The van der Waals surface area contributed by atoms with E-state index in [1.807, 2.05) is 0 Å². The fraction of sp³-hybridized carbons (Fsp3) is 0.900. The van der Waals surface area contributed by atoms with E-state index in [4.69, 9.17) is 14.9 Å². The molecule has 0 saturated carbocycles. The number of carbonyl (C=O) groups is 1. The third kappa shape index (κ3) is 8.01. The number of esters is 1. The molecule has 0 rings (SSSR count). The number of hydrogen-bond acceptors (Lipinski definition) is 4. The second-order valence-corrected chi connectivity index (χ2v) is 3.33. The zero-order valence-corrected chi connectivity index (χ0v) is 8.74. The van der Waals surface area contributed by atoms with Crippen LogP contribution < -0.4 is 0 Å². The van der Waals surface area contributed by atoms with E-state index in [0.29, 0.717) is 6.42 Å². The van der Waals surface area contributed by atoms with Crippen molar-refractivity contribution < 1.29 is 19.7 Å². The van der Waals surface area contributed by atoms with Crippen LogP contribution in [0.1, 0.15) is 39.0 Å². The smallest absolute Gasteiger partial charge is 0.305 e. The van der Waals surface area contributed by atoms with Gasteiger partial charge in [-0.05, 0) is 6.42 Å². The Morgan fingerprint density at radius 2 is 2.07 bits per heavy atom. The van der Waals surface area contributed by atoms with Crippen LogP contribution in [0.25, 0.3) is 0 Å². The van der Waals surface area contributed by atoms with Gasteiger partial charge in [0.15, 0.2) is 0 Å². The molecule has 0 fully saturated rings. The van der Waals surface area contributed by atoms with Crippen molar-refractivity contribution in [1.29, 1.82) is 0 Å². The summed E-state index contributed by atoms with van der Waals surface area (Å²) in [6.07, 6.45) is 3.59. The first kappa shape index (κ1) is 13.4. The summed E-state index contributed by atoms with van der Waals surface area (Å²) in [7, 11) is 0. The molecule has 0 aromatic heterocycles. The number of aliphatic hydroxyl groups excluding tert-OH is 2. The van der Waals surface area contributed by atoms with Crippen molar-refractivity contribution in [3.8, 4) is 0 Å². The van der Waals surface area contributed by atoms with Crippen LogP contribution >= 0.6 is 0 Å². The summed E-state index contributed by atoms with van der Waals surface area (Å²) in [5, 5.41) is 17.3. The van der Waals surface area contributed by atoms with Gasteiger partial charge in [0.05, 0.1) is 6.61 Å². The summed E-state index contributed by atoms with van der Waals surface area (Å²) < 4.78 is 4.73. The van der Waals surface area contributed by atoms with Crippen LogP contribution in [0, 0.1) is 0 Å². The monoisotopic (exact) mass is 204 g/mol. The van der Waals surface area contributed by atoms with Crippen LogP contribution in [-0.2, 0) is 9.53 Å². The Kier molecular flexibility index (Phi) is 8.57. The minimum Gasteiger partial charge on any atom is -0.463 e. The Hall–Kier alpha value is -0.610. The lowest BCUT2D eigenvalue weighted by Crippen LogP contribution is -2.21. The standard InChI is InChI=1S/C10H20O4/c1-2-3-4-5-6-10(13)14-8-9(12)7-11/h9,11-12H,2-8H2,1H3/t9-/m1/s1. The van der Waals surface area contributed by atoms with E-state index in [1.165, 1.54) is 0 Å². The molecule has 0 saturated heterocycles. The van der Waals surface area contributed by atoms with Crippen molar-refractivity contribution in [2.45, 2.75) is 45.1 Å². The largest absolute Gasteiger partial charge is 0.463 e. The highest BCUT2D eigenvalue weighted by Crippen LogP contribution is 2.03. The molecule has 0 aliphatic heterocycles. The molecule has 0 radical (unpaired) electrons. The maximum absolute atomic E-state index is 11.0. The average molecular weight is 204 g/mol. The lowest BCUT2D eigenvalue weighted by Gasteiger charge is -2.07. The SMILES string of the molecule is CCCCCCC(=O)OC[C@H](O)CO. The Bertz CT molecular complexity index is 147. The molecule has 0 heterocycles. The number of ether oxygens (including phenoxy) is 1. The van der Waals surface area contributed by atoms with Crippen molar-refractivity contribution in [2.24, 2.45) is 0 Å². The van der Waals surface area contributed by atoms with Gasteiger partial charge >= 0.3 is 5.97 Å². The number of aliphatic hydroxyl groups is 2. The predicted molar refractivity (Wildman–Crippen MR) is 52.8 cm³/mol. The van der Waals surface area contributed by atoms with Crippen LogP contribution in [0.3, 0.4) is 0 Å². The number of hydrogen-bond donors (Lipinski definition) is 2. The van der Waals surface area contributed by atoms with E-state index < -0.39 is 6.10 Å². The molecule has 0 aliphatic carbocycles. The molecule has 0 spiro atoms. The van der Waals surface area contributed by atoms with Gasteiger partial charge in [0, 0.05) is 6.42 Å². The second-order valence-electron chi connectivity index (χ2n) is 3.33. The summed E-state index contributed by atoms with van der Waals surface area (Å²) in [6.45, 7) is 1.63. The maximum Gasteiger partial charge on any atom is 0.305 e. The Labute approximate surface area is 84.9 Å². The van der Waals surface area contributed by atoms with Gasteiger partial charge in [0.25, 0.3) is 0 Å². The van der Waals surface area contributed by atoms with Gasteiger partial charge in [-0.25, -0.2) is 0 Å². The first-order chi connectivity index (χ1) is 6.70. The van der Waals surface area contributed by atoms with Crippen LogP contribution in [0.5, 0.6) is 0 Å². The molecule has 0 aliphatic rings. The summed E-state index contributed by atoms with van der Waals surface area (Å²) >= 11 is 0. The Morgan fingerprint density at radius 1 is 1.36 bits per heavy atom. The second kappa shape index (κ2) is 8.97. The molecule has 4 nitrogen and oxygen atoms in total. The van der Waals surface area contributed by atoms with Gasteiger partial charge in [-0.15, -0.1) is 0 Å². The summed E-state index contributed by atoms with van der Waals surface area (Å²) in [4.78, 5) is 11.0. The van der Waals surface area contributed by atoms with Crippen LogP contribution in [0.2, 0.25) is 0 Å². The third-order valence-corrected chi connectivity index (χ3v) is 1.88. The first-order valence-electron chi connectivity index (χ1n) is 5.15. The summed E-state index contributed by atoms with van der Waals surface area (Å²) in [5.74, 6) is -0.298. The zero-order chi connectivity index (χ0) is 10.8. The van der Waals surface area contributed by atoms with Gasteiger partial charge < -0.3 is 14.9 Å². The topological polar surface area (TPSA) is 66.8 Å². The molecule has 0 aromatic carbocycles. The van der Waals surface area contributed by atoms with Gasteiger partial charge in [-0.1, -0.05) is 26.2 Å². The minimum atomic E-state index is -0.949. The van der Waals surface area contributed by atoms with E-state index in [2.05, 4.69) is 6.92 Å². The molecular weight excluding hydrogens is 184 g/mol. The summed E-state index contributed by atoms with van der Waals surface area (Å²) in [6, 6.07) is 0. The van der Waals surface area contributed by atoms with Crippen molar-refractivity contribution >= 4 is 5.97 Å². The Morgan fingerprint density at radius 3 is 2.64 bits per heavy atom. The van der Waals surface area contributed by atoms with E-state index in [-0.39, 0.29) is 19.2 Å². The number of unbranched alkanes of at least 4 members (excludes halogenated alkanes) is 3. The van der Waals surface area contributed by atoms with Gasteiger partial charge in [-0.2, -0.15) is 0 Å². The molecule has 14 heavy (non-hydrogen) atoms. The molecule has 2 N–H and O–H groups in total. The number of rotatable bonds is 8. The van der Waals surface area contributed by atoms with E-state index in [9.17, 15) is 4.79 Å². The predicted octanol–water partition coefficient (Wildman–Crippen LogP) is 0.853. The third-order valence-electron chi connectivity index (χ3n) is 1.88. The van der Waals surface area contributed by atoms with E-state index >= 15 is 0 Å². The molecule has 0 amide bonds. The highest BCUT2D eigenvalue weighted by molar-refractivity contribution is 5.69. The molecule has 0 aromatic rings. The number of carbonyl (C=O) groups excluding carboxylic acids is 1. The first-order valence-corrected chi connectivity index (χ1v) is 5.15. The van der Waals surface area contributed by atoms with Crippen molar-refractivity contribution in [3.05, 3.63) is 0 Å². The fourth-order valence-corrected chi connectivity index (χ4v) is 1.01. The fourth-order valence-electron chi connectivity index (χ4n) is 1.01. The molecular formula is C10H20O4. The van der Waals surface area contributed by atoms with Crippen LogP contribution in [0.15, 0.2) is 0 Å². The highest BCUT2D eigenvalue weighted by atomic mass is 16.5. The van der Waals surface area contributed by atoms with Gasteiger partial charge in [0.1, 0.15) is 12.7 Å².